The Balaban J connectivity index is 1.77. The zero-order chi connectivity index (χ0) is 15.8. The van der Waals surface area contributed by atoms with Crippen LogP contribution in [0.4, 0.5) is 5.82 Å². The zero-order valence-corrected chi connectivity index (χ0v) is 13.4. The molecule has 0 radical (unpaired) electrons. The molecule has 1 unspecified atom stereocenters. The Labute approximate surface area is 135 Å². The molecule has 2 N–H and O–H groups in total. The van der Waals surface area contributed by atoms with Crippen LogP contribution in [0.25, 0.3) is 16.7 Å². The average molecular weight is 308 g/mol. The fourth-order valence-corrected chi connectivity index (χ4v) is 3.15. The third-order valence-electron chi connectivity index (χ3n) is 4.35. The molecule has 1 aromatic carbocycles. The van der Waals surface area contributed by atoms with E-state index in [4.69, 9.17) is 0 Å². The maximum Gasteiger partial charge on any atom is 0.168 e. The number of fused-ring (bicyclic) bond motifs is 1. The number of benzene rings is 1. The normalized spacial score (nSPS) is 17.7. The van der Waals surface area contributed by atoms with Crippen LogP contribution in [0.5, 0.6) is 0 Å². The van der Waals surface area contributed by atoms with Crippen LogP contribution in [0, 0.1) is 13.8 Å². The number of rotatable bonds is 3. The summed E-state index contributed by atoms with van der Waals surface area (Å²) >= 11 is 0. The SMILES string of the molecule is Cc1ccc(-n2ncc3c(NC4CCNC4)ncnc32)c(C)c1. The van der Waals surface area contributed by atoms with E-state index in [1.54, 1.807) is 6.33 Å². The van der Waals surface area contributed by atoms with Crippen LogP contribution < -0.4 is 10.6 Å². The van der Waals surface area contributed by atoms with E-state index in [1.807, 2.05) is 10.9 Å². The van der Waals surface area contributed by atoms with Gasteiger partial charge in [-0.1, -0.05) is 17.7 Å². The van der Waals surface area contributed by atoms with E-state index in [1.165, 1.54) is 11.1 Å². The minimum atomic E-state index is 0.414. The van der Waals surface area contributed by atoms with Gasteiger partial charge in [-0.05, 0) is 38.4 Å². The summed E-state index contributed by atoms with van der Waals surface area (Å²) in [6.07, 6.45) is 4.56. The molecule has 0 amide bonds. The summed E-state index contributed by atoms with van der Waals surface area (Å²) in [5, 5.41) is 12.4. The largest absolute Gasteiger partial charge is 0.365 e. The summed E-state index contributed by atoms with van der Waals surface area (Å²) in [6.45, 7) is 6.21. The van der Waals surface area contributed by atoms with Gasteiger partial charge in [-0.3, -0.25) is 0 Å². The number of anilines is 1. The van der Waals surface area contributed by atoms with Gasteiger partial charge in [0.1, 0.15) is 12.1 Å². The topological polar surface area (TPSA) is 67.7 Å². The van der Waals surface area contributed by atoms with Crippen LogP contribution in [-0.4, -0.2) is 38.9 Å². The van der Waals surface area contributed by atoms with Crippen molar-refractivity contribution in [1.82, 2.24) is 25.1 Å². The molecule has 23 heavy (non-hydrogen) atoms. The second-order valence-electron chi connectivity index (χ2n) is 6.14. The predicted octanol–water partition coefficient (Wildman–Crippen LogP) is 2.21. The molecule has 6 heteroatoms. The van der Waals surface area contributed by atoms with Gasteiger partial charge in [0.2, 0.25) is 0 Å². The van der Waals surface area contributed by atoms with E-state index in [0.717, 1.165) is 42.0 Å². The van der Waals surface area contributed by atoms with Gasteiger partial charge in [0.05, 0.1) is 17.3 Å². The number of hydrogen-bond donors (Lipinski definition) is 2. The third kappa shape index (κ3) is 2.55. The Hall–Kier alpha value is -2.47. The van der Waals surface area contributed by atoms with Crippen molar-refractivity contribution >= 4 is 16.9 Å². The Bertz CT molecular complexity index is 847. The maximum absolute atomic E-state index is 4.55. The Kier molecular flexibility index (Phi) is 3.46. The molecule has 3 aromatic rings. The van der Waals surface area contributed by atoms with Gasteiger partial charge in [-0.2, -0.15) is 5.10 Å². The molecule has 2 aromatic heterocycles. The lowest BCUT2D eigenvalue weighted by Gasteiger charge is -2.12. The van der Waals surface area contributed by atoms with Crippen LogP contribution >= 0.6 is 0 Å². The summed E-state index contributed by atoms with van der Waals surface area (Å²) in [5.74, 6) is 0.861. The van der Waals surface area contributed by atoms with Crippen molar-refractivity contribution < 1.29 is 0 Å². The lowest BCUT2D eigenvalue weighted by molar-refractivity contribution is 0.789. The molecule has 1 saturated heterocycles. The first-order valence-corrected chi connectivity index (χ1v) is 7.96. The Morgan fingerprint density at radius 1 is 1.26 bits per heavy atom. The quantitative estimate of drug-likeness (QED) is 0.776. The number of aromatic nitrogens is 4. The van der Waals surface area contributed by atoms with Crippen molar-refractivity contribution in [3.63, 3.8) is 0 Å². The van der Waals surface area contributed by atoms with E-state index in [0.29, 0.717) is 6.04 Å². The van der Waals surface area contributed by atoms with E-state index >= 15 is 0 Å². The monoisotopic (exact) mass is 308 g/mol. The van der Waals surface area contributed by atoms with E-state index in [2.05, 4.69) is 57.7 Å². The zero-order valence-electron chi connectivity index (χ0n) is 13.4. The summed E-state index contributed by atoms with van der Waals surface area (Å²) in [4.78, 5) is 8.86. The van der Waals surface area contributed by atoms with E-state index in [-0.39, 0.29) is 0 Å². The molecular weight excluding hydrogens is 288 g/mol. The molecule has 1 aliphatic heterocycles. The molecule has 0 bridgehead atoms. The smallest absolute Gasteiger partial charge is 0.168 e. The van der Waals surface area contributed by atoms with Gasteiger partial charge >= 0.3 is 0 Å². The summed E-state index contributed by atoms with van der Waals surface area (Å²) < 4.78 is 1.89. The first-order valence-electron chi connectivity index (χ1n) is 7.96. The molecule has 1 atom stereocenters. The fourth-order valence-electron chi connectivity index (χ4n) is 3.15. The fraction of sp³-hybridized carbons (Fsp3) is 0.353. The molecule has 6 nitrogen and oxygen atoms in total. The van der Waals surface area contributed by atoms with Crippen molar-refractivity contribution in [3.8, 4) is 5.69 Å². The lowest BCUT2D eigenvalue weighted by atomic mass is 10.1. The Morgan fingerprint density at radius 3 is 2.96 bits per heavy atom. The van der Waals surface area contributed by atoms with E-state index in [9.17, 15) is 0 Å². The van der Waals surface area contributed by atoms with E-state index < -0.39 is 0 Å². The molecule has 0 spiro atoms. The first kappa shape index (κ1) is 14.1. The molecule has 1 fully saturated rings. The Morgan fingerprint density at radius 2 is 2.17 bits per heavy atom. The molecular formula is C17H20N6. The number of nitrogens with zero attached hydrogens (tertiary/aromatic N) is 4. The van der Waals surface area contributed by atoms with Crippen LogP contribution in [-0.2, 0) is 0 Å². The average Bonchev–Trinajstić information content (AvgIpc) is 3.17. The highest BCUT2D eigenvalue weighted by atomic mass is 15.3. The standard InChI is InChI=1S/C17H20N6/c1-11-3-4-15(12(2)7-11)23-17-14(9-21-23)16(19-10-20-17)22-13-5-6-18-8-13/h3-4,7,9-10,13,18H,5-6,8H2,1-2H3,(H,19,20,22). The summed E-state index contributed by atoms with van der Waals surface area (Å²) in [5.41, 5.74) is 4.31. The highest BCUT2D eigenvalue weighted by Gasteiger charge is 2.18. The number of aryl methyl sites for hydroxylation is 2. The summed E-state index contributed by atoms with van der Waals surface area (Å²) in [7, 11) is 0. The maximum atomic E-state index is 4.55. The van der Waals surface area contributed by atoms with Gasteiger partial charge in [-0.25, -0.2) is 14.6 Å². The molecule has 118 valence electrons. The van der Waals surface area contributed by atoms with Gasteiger partial charge < -0.3 is 10.6 Å². The van der Waals surface area contributed by atoms with Gasteiger partial charge in [-0.15, -0.1) is 0 Å². The molecule has 0 saturated carbocycles. The summed E-state index contributed by atoms with van der Waals surface area (Å²) in [6, 6.07) is 6.76. The van der Waals surface area contributed by atoms with Crippen molar-refractivity contribution in [1.29, 1.82) is 0 Å². The highest BCUT2D eigenvalue weighted by molar-refractivity contribution is 5.87. The second-order valence-corrected chi connectivity index (χ2v) is 6.14. The van der Waals surface area contributed by atoms with Crippen LogP contribution in [0.2, 0.25) is 0 Å². The highest BCUT2D eigenvalue weighted by Crippen LogP contribution is 2.24. The predicted molar refractivity (Wildman–Crippen MR) is 91.0 cm³/mol. The van der Waals surface area contributed by atoms with Crippen molar-refractivity contribution in [2.45, 2.75) is 26.3 Å². The molecule has 1 aliphatic rings. The van der Waals surface area contributed by atoms with Crippen LogP contribution in [0.1, 0.15) is 17.5 Å². The van der Waals surface area contributed by atoms with Crippen LogP contribution in [0.3, 0.4) is 0 Å². The van der Waals surface area contributed by atoms with Gasteiger partial charge in [0, 0.05) is 12.6 Å². The number of hydrogen-bond acceptors (Lipinski definition) is 5. The van der Waals surface area contributed by atoms with Crippen molar-refractivity contribution in [2.24, 2.45) is 0 Å². The van der Waals surface area contributed by atoms with Crippen molar-refractivity contribution in [3.05, 3.63) is 41.9 Å². The first-order chi connectivity index (χ1) is 11.2. The van der Waals surface area contributed by atoms with Gasteiger partial charge in [0.25, 0.3) is 0 Å². The number of nitrogens with one attached hydrogen (secondary N) is 2. The minimum Gasteiger partial charge on any atom is -0.365 e. The van der Waals surface area contributed by atoms with Gasteiger partial charge in [0.15, 0.2) is 5.65 Å². The third-order valence-corrected chi connectivity index (χ3v) is 4.35. The lowest BCUT2D eigenvalue weighted by Crippen LogP contribution is -2.22. The van der Waals surface area contributed by atoms with Crippen LogP contribution in [0.15, 0.2) is 30.7 Å². The molecule has 0 aliphatic carbocycles. The molecule has 3 heterocycles. The molecule has 4 rings (SSSR count). The minimum absolute atomic E-state index is 0.414. The van der Waals surface area contributed by atoms with Crippen molar-refractivity contribution in [2.75, 3.05) is 18.4 Å². The second kappa shape index (κ2) is 5.62.